The highest BCUT2D eigenvalue weighted by atomic mass is 16.2. The van der Waals surface area contributed by atoms with Crippen molar-refractivity contribution < 1.29 is 9.59 Å². The van der Waals surface area contributed by atoms with Crippen molar-refractivity contribution in [2.24, 2.45) is 0 Å². The Morgan fingerprint density at radius 1 is 1.09 bits per heavy atom. The molecule has 0 aliphatic heterocycles. The van der Waals surface area contributed by atoms with Gasteiger partial charge in [0.15, 0.2) is 0 Å². The second-order valence-electron chi connectivity index (χ2n) is 6.02. The Labute approximate surface area is 132 Å². The zero-order valence-corrected chi connectivity index (χ0v) is 13.4. The average molecular weight is 302 g/mol. The number of hydrogen-bond acceptors (Lipinski definition) is 2. The molecule has 0 bridgehead atoms. The lowest BCUT2D eigenvalue weighted by Gasteiger charge is -2.30. The number of carbonyl (C=O) groups is 2. The normalized spacial score (nSPS) is 15.9. The SMILES string of the molecule is CC(=O)N(CCC(=O)Nc1ccccc1)C1CCCCCC1. The van der Waals surface area contributed by atoms with Crippen LogP contribution in [0.3, 0.4) is 0 Å². The third-order valence-corrected chi connectivity index (χ3v) is 4.31. The molecular weight excluding hydrogens is 276 g/mol. The second-order valence-corrected chi connectivity index (χ2v) is 6.02. The molecule has 1 fully saturated rings. The van der Waals surface area contributed by atoms with Gasteiger partial charge in [0.05, 0.1) is 0 Å². The molecule has 0 spiro atoms. The Kier molecular flexibility index (Phi) is 6.44. The molecule has 1 saturated carbocycles. The fraction of sp³-hybridized carbons (Fsp3) is 0.556. The summed E-state index contributed by atoms with van der Waals surface area (Å²) in [6.07, 6.45) is 7.38. The number of benzene rings is 1. The predicted octanol–water partition coefficient (Wildman–Crippen LogP) is 3.59. The summed E-state index contributed by atoms with van der Waals surface area (Å²) >= 11 is 0. The van der Waals surface area contributed by atoms with Crippen molar-refractivity contribution in [1.29, 1.82) is 0 Å². The van der Waals surface area contributed by atoms with E-state index in [1.807, 2.05) is 35.2 Å². The molecule has 4 heteroatoms. The van der Waals surface area contributed by atoms with Crippen molar-refractivity contribution in [2.45, 2.75) is 57.9 Å². The summed E-state index contributed by atoms with van der Waals surface area (Å²) in [7, 11) is 0. The topological polar surface area (TPSA) is 49.4 Å². The van der Waals surface area contributed by atoms with Crippen LogP contribution in [0.15, 0.2) is 30.3 Å². The van der Waals surface area contributed by atoms with E-state index < -0.39 is 0 Å². The van der Waals surface area contributed by atoms with E-state index in [9.17, 15) is 9.59 Å². The first-order valence-electron chi connectivity index (χ1n) is 8.29. The van der Waals surface area contributed by atoms with Gasteiger partial charge in [-0.2, -0.15) is 0 Å². The quantitative estimate of drug-likeness (QED) is 0.845. The lowest BCUT2D eigenvalue weighted by atomic mass is 10.1. The molecule has 1 N–H and O–H groups in total. The Hall–Kier alpha value is -1.84. The van der Waals surface area contributed by atoms with E-state index in [1.54, 1.807) is 6.92 Å². The Morgan fingerprint density at radius 2 is 1.73 bits per heavy atom. The molecule has 4 nitrogen and oxygen atoms in total. The van der Waals surface area contributed by atoms with Crippen LogP contribution in [-0.4, -0.2) is 29.3 Å². The summed E-state index contributed by atoms with van der Waals surface area (Å²) in [4.78, 5) is 25.9. The smallest absolute Gasteiger partial charge is 0.226 e. The lowest BCUT2D eigenvalue weighted by Crippen LogP contribution is -2.40. The van der Waals surface area contributed by atoms with E-state index in [2.05, 4.69) is 5.32 Å². The Morgan fingerprint density at radius 3 is 2.32 bits per heavy atom. The maximum atomic E-state index is 12.0. The van der Waals surface area contributed by atoms with Gasteiger partial charge in [-0.3, -0.25) is 9.59 Å². The molecule has 0 aromatic heterocycles. The highest BCUT2D eigenvalue weighted by Gasteiger charge is 2.22. The third-order valence-electron chi connectivity index (χ3n) is 4.31. The molecular formula is C18H26N2O2. The van der Waals surface area contributed by atoms with E-state index in [1.165, 1.54) is 25.7 Å². The van der Waals surface area contributed by atoms with Gasteiger partial charge in [0.2, 0.25) is 11.8 Å². The van der Waals surface area contributed by atoms with E-state index >= 15 is 0 Å². The Balaban J connectivity index is 1.85. The molecule has 0 heterocycles. The standard InChI is InChI=1S/C18H26N2O2/c1-15(21)20(17-11-7-2-3-8-12-17)14-13-18(22)19-16-9-5-4-6-10-16/h4-6,9-10,17H,2-3,7-8,11-14H2,1H3,(H,19,22). The number of nitrogens with one attached hydrogen (secondary N) is 1. The van der Waals surface area contributed by atoms with Gasteiger partial charge >= 0.3 is 0 Å². The number of anilines is 1. The van der Waals surface area contributed by atoms with Crippen molar-refractivity contribution in [2.75, 3.05) is 11.9 Å². The van der Waals surface area contributed by atoms with Crippen molar-refractivity contribution >= 4 is 17.5 Å². The lowest BCUT2D eigenvalue weighted by molar-refractivity contribution is -0.131. The molecule has 0 radical (unpaired) electrons. The number of hydrogen-bond donors (Lipinski definition) is 1. The van der Waals surface area contributed by atoms with Crippen LogP contribution in [0.25, 0.3) is 0 Å². The van der Waals surface area contributed by atoms with E-state index in [4.69, 9.17) is 0 Å². The highest BCUT2D eigenvalue weighted by molar-refractivity contribution is 5.91. The van der Waals surface area contributed by atoms with E-state index in [0.717, 1.165) is 18.5 Å². The van der Waals surface area contributed by atoms with Gasteiger partial charge in [0, 0.05) is 31.6 Å². The molecule has 2 rings (SSSR count). The largest absolute Gasteiger partial charge is 0.339 e. The number of amides is 2. The van der Waals surface area contributed by atoms with Crippen molar-refractivity contribution in [3.8, 4) is 0 Å². The second kappa shape index (κ2) is 8.57. The molecule has 120 valence electrons. The molecule has 1 aromatic rings. The van der Waals surface area contributed by atoms with Crippen LogP contribution in [0.4, 0.5) is 5.69 Å². The molecule has 1 aliphatic carbocycles. The summed E-state index contributed by atoms with van der Waals surface area (Å²) in [5.74, 6) is 0.0467. The van der Waals surface area contributed by atoms with Crippen molar-refractivity contribution in [3.05, 3.63) is 30.3 Å². The first-order chi connectivity index (χ1) is 10.7. The third kappa shape index (κ3) is 5.17. The fourth-order valence-electron chi connectivity index (χ4n) is 3.13. The minimum atomic E-state index is -0.0360. The molecule has 1 aromatic carbocycles. The van der Waals surface area contributed by atoms with Crippen LogP contribution < -0.4 is 5.32 Å². The number of para-hydroxylation sites is 1. The molecule has 1 aliphatic rings. The molecule has 0 atom stereocenters. The molecule has 22 heavy (non-hydrogen) atoms. The number of nitrogens with zero attached hydrogens (tertiary/aromatic N) is 1. The van der Waals surface area contributed by atoms with Crippen LogP contribution in [-0.2, 0) is 9.59 Å². The molecule has 2 amide bonds. The Bertz CT molecular complexity index is 479. The van der Waals surface area contributed by atoms with Crippen molar-refractivity contribution in [1.82, 2.24) is 4.90 Å². The van der Waals surface area contributed by atoms with Gasteiger partial charge in [0.25, 0.3) is 0 Å². The molecule has 0 unspecified atom stereocenters. The number of carbonyl (C=O) groups excluding carboxylic acids is 2. The van der Waals surface area contributed by atoms with Gasteiger partial charge in [-0.1, -0.05) is 43.9 Å². The van der Waals surface area contributed by atoms with Crippen LogP contribution in [0.1, 0.15) is 51.9 Å². The zero-order valence-electron chi connectivity index (χ0n) is 13.4. The summed E-state index contributed by atoms with van der Waals surface area (Å²) in [5, 5.41) is 2.87. The predicted molar refractivity (Wildman–Crippen MR) is 88.6 cm³/mol. The zero-order chi connectivity index (χ0) is 15.8. The van der Waals surface area contributed by atoms with Crippen LogP contribution >= 0.6 is 0 Å². The summed E-state index contributed by atoms with van der Waals surface area (Å²) in [5.41, 5.74) is 0.802. The van der Waals surface area contributed by atoms with E-state index in [0.29, 0.717) is 19.0 Å². The summed E-state index contributed by atoms with van der Waals surface area (Å²) in [6.45, 7) is 2.12. The first kappa shape index (κ1) is 16.5. The van der Waals surface area contributed by atoms with Crippen LogP contribution in [0, 0.1) is 0 Å². The van der Waals surface area contributed by atoms with Gasteiger partial charge < -0.3 is 10.2 Å². The maximum absolute atomic E-state index is 12.0. The van der Waals surface area contributed by atoms with E-state index in [-0.39, 0.29) is 11.8 Å². The molecule has 0 saturated heterocycles. The maximum Gasteiger partial charge on any atom is 0.226 e. The average Bonchev–Trinajstić information content (AvgIpc) is 2.77. The number of rotatable bonds is 5. The highest BCUT2D eigenvalue weighted by Crippen LogP contribution is 2.22. The summed E-state index contributed by atoms with van der Waals surface area (Å²) < 4.78 is 0. The van der Waals surface area contributed by atoms with Crippen LogP contribution in [0.5, 0.6) is 0 Å². The monoisotopic (exact) mass is 302 g/mol. The minimum absolute atomic E-state index is 0.0360. The van der Waals surface area contributed by atoms with Crippen LogP contribution in [0.2, 0.25) is 0 Å². The van der Waals surface area contributed by atoms with Crippen molar-refractivity contribution in [3.63, 3.8) is 0 Å². The fourth-order valence-corrected chi connectivity index (χ4v) is 3.13. The minimum Gasteiger partial charge on any atom is -0.339 e. The first-order valence-corrected chi connectivity index (χ1v) is 8.29. The van der Waals surface area contributed by atoms with Gasteiger partial charge in [0.1, 0.15) is 0 Å². The van der Waals surface area contributed by atoms with Gasteiger partial charge in [-0.25, -0.2) is 0 Å². The van der Waals surface area contributed by atoms with Gasteiger partial charge in [-0.05, 0) is 25.0 Å². The van der Waals surface area contributed by atoms with Gasteiger partial charge in [-0.15, -0.1) is 0 Å². The summed E-state index contributed by atoms with van der Waals surface area (Å²) in [6, 6.07) is 9.74.